The number of rotatable bonds is 4. The number of carbonyl (C=O) groups excluding carboxylic acids is 1. The summed E-state index contributed by atoms with van der Waals surface area (Å²) in [6.45, 7) is 2.05. The van der Waals surface area contributed by atoms with E-state index in [1.54, 1.807) is 7.11 Å². The SMILES string of the molecule is COc1ccc(N2CCN(C(=O)[O-])CC2)c(-c2ccc(N(C)C)cc2)n1. The lowest BCUT2D eigenvalue weighted by atomic mass is 10.1. The molecule has 0 saturated carbocycles. The van der Waals surface area contributed by atoms with Crippen LogP contribution >= 0.6 is 0 Å². The van der Waals surface area contributed by atoms with E-state index in [2.05, 4.69) is 9.88 Å². The number of carbonyl (C=O) groups is 1. The summed E-state index contributed by atoms with van der Waals surface area (Å²) in [7, 11) is 5.60. The lowest BCUT2D eigenvalue weighted by molar-refractivity contribution is -0.265. The van der Waals surface area contributed by atoms with Crippen molar-refractivity contribution in [3.05, 3.63) is 36.4 Å². The highest BCUT2D eigenvalue weighted by Crippen LogP contribution is 2.32. The van der Waals surface area contributed by atoms with Crippen molar-refractivity contribution in [3.63, 3.8) is 0 Å². The highest BCUT2D eigenvalue weighted by molar-refractivity contribution is 5.77. The smallest absolute Gasteiger partial charge is 0.213 e. The van der Waals surface area contributed by atoms with Gasteiger partial charge in [0.25, 0.3) is 0 Å². The maximum absolute atomic E-state index is 11.0. The Morgan fingerprint density at radius 2 is 1.73 bits per heavy atom. The summed E-state index contributed by atoms with van der Waals surface area (Å²) < 4.78 is 5.30. The molecule has 26 heavy (non-hydrogen) atoms. The summed E-state index contributed by atoms with van der Waals surface area (Å²) in [4.78, 5) is 21.2. The number of pyridine rings is 1. The Labute approximate surface area is 153 Å². The number of hydrogen-bond donors (Lipinski definition) is 0. The first-order valence-electron chi connectivity index (χ1n) is 8.53. The fraction of sp³-hybridized carbons (Fsp3) is 0.368. The lowest BCUT2D eigenvalue weighted by Gasteiger charge is -2.38. The van der Waals surface area contributed by atoms with Crippen molar-refractivity contribution in [1.82, 2.24) is 9.88 Å². The van der Waals surface area contributed by atoms with E-state index in [-0.39, 0.29) is 0 Å². The van der Waals surface area contributed by atoms with Crippen LogP contribution in [0.15, 0.2) is 36.4 Å². The minimum Gasteiger partial charge on any atom is -0.530 e. The third-order valence-corrected chi connectivity index (χ3v) is 4.59. The first-order valence-corrected chi connectivity index (χ1v) is 8.53. The molecule has 0 bridgehead atoms. The van der Waals surface area contributed by atoms with Gasteiger partial charge in [0.05, 0.1) is 18.5 Å². The Hall–Kier alpha value is -2.96. The van der Waals surface area contributed by atoms with Crippen LogP contribution in [0.1, 0.15) is 0 Å². The summed E-state index contributed by atoms with van der Waals surface area (Å²) >= 11 is 0. The largest absolute Gasteiger partial charge is 0.530 e. The quantitative estimate of drug-likeness (QED) is 0.823. The van der Waals surface area contributed by atoms with E-state index in [9.17, 15) is 9.90 Å². The molecular formula is C19H23N4O3-. The van der Waals surface area contributed by atoms with Crippen LogP contribution in [0.3, 0.4) is 0 Å². The van der Waals surface area contributed by atoms with Crippen molar-refractivity contribution in [1.29, 1.82) is 0 Å². The molecule has 0 unspecified atom stereocenters. The number of amides is 1. The van der Waals surface area contributed by atoms with Gasteiger partial charge in [0.15, 0.2) is 0 Å². The molecule has 1 fully saturated rings. The van der Waals surface area contributed by atoms with Crippen molar-refractivity contribution in [2.24, 2.45) is 0 Å². The topological polar surface area (TPSA) is 72.0 Å². The predicted octanol–water partition coefficient (Wildman–Crippen LogP) is 1.29. The van der Waals surface area contributed by atoms with Crippen molar-refractivity contribution in [3.8, 4) is 17.1 Å². The molecule has 0 N–H and O–H groups in total. The maximum Gasteiger partial charge on any atom is 0.213 e. The molecule has 1 aromatic carbocycles. The normalized spacial score (nSPS) is 14.3. The number of nitrogens with zero attached hydrogens (tertiary/aromatic N) is 4. The van der Waals surface area contributed by atoms with Gasteiger partial charge in [0, 0.05) is 57.6 Å². The van der Waals surface area contributed by atoms with Gasteiger partial charge in [-0.3, -0.25) is 0 Å². The number of aromatic nitrogens is 1. The zero-order valence-corrected chi connectivity index (χ0v) is 15.3. The molecule has 2 heterocycles. The Morgan fingerprint density at radius 3 is 2.27 bits per heavy atom. The van der Waals surface area contributed by atoms with Crippen LogP contribution in [0.4, 0.5) is 16.2 Å². The molecule has 2 aromatic rings. The average molecular weight is 355 g/mol. The first kappa shape index (κ1) is 17.8. The molecule has 1 saturated heterocycles. The van der Waals surface area contributed by atoms with Crippen LogP contribution in [-0.2, 0) is 0 Å². The van der Waals surface area contributed by atoms with E-state index in [0.29, 0.717) is 32.1 Å². The molecule has 0 spiro atoms. The first-order chi connectivity index (χ1) is 12.5. The summed E-state index contributed by atoms with van der Waals surface area (Å²) in [5.41, 5.74) is 3.91. The van der Waals surface area contributed by atoms with Crippen molar-refractivity contribution in [2.75, 3.05) is 57.2 Å². The van der Waals surface area contributed by atoms with Gasteiger partial charge in [-0.2, -0.15) is 0 Å². The number of ether oxygens (including phenoxy) is 1. The van der Waals surface area contributed by atoms with E-state index in [1.165, 1.54) is 4.90 Å². The second kappa shape index (κ2) is 7.51. The monoisotopic (exact) mass is 355 g/mol. The molecule has 138 valence electrons. The molecule has 1 aliphatic rings. The third-order valence-electron chi connectivity index (χ3n) is 4.59. The molecule has 1 aromatic heterocycles. The standard InChI is InChI=1S/C19H24N4O3/c1-21(2)15-6-4-14(5-7-15)18-16(8-9-17(20-18)26-3)22-10-12-23(13-11-22)19(24)25/h4-9H,10-13H2,1-3H3,(H,24,25)/p-1. The summed E-state index contributed by atoms with van der Waals surface area (Å²) in [6.07, 6.45) is -1.11. The van der Waals surface area contributed by atoms with Gasteiger partial charge < -0.3 is 29.3 Å². The molecule has 1 amide bonds. The fourth-order valence-electron chi connectivity index (χ4n) is 3.06. The molecule has 3 rings (SSSR count). The lowest BCUT2D eigenvalue weighted by Crippen LogP contribution is -2.52. The van der Waals surface area contributed by atoms with Gasteiger partial charge in [-0.1, -0.05) is 12.1 Å². The summed E-state index contributed by atoms with van der Waals surface area (Å²) in [5, 5.41) is 11.0. The van der Waals surface area contributed by atoms with E-state index in [1.807, 2.05) is 55.4 Å². The molecule has 0 atom stereocenters. The number of hydrogen-bond acceptors (Lipinski definition) is 6. The van der Waals surface area contributed by atoms with Crippen LogP contribution in [0.5, 0.6) is 5.88 Å². The minimum atomic E-state index is -1.11. The number of anilines is 2. The third kappa shape index (κ3) is 3.66. The van der Waals surface area contributed by atoms with Gasteiger partial charge in [-0.15, -0.1) is 0 Å². The van der Waals surface area contributed by atoms with Gasteiger partial charge in [-0.25, -0.2) is 4.98 Å². The van der Waals surface area contributed by atoms with Crippen LogP contribution in [0, 0.1) is 0 Å². The number of carboxylic acid groups (broad SMARTS) is 1. The Morgan fingerprint density at radius 1 is 1.08 bits per heavy atom. The van der Waals surface area contributed by atoms with Gasteiger partial charge in [0.2, 0.25) is 5.88 Å². The molecule has 0 aliphatic carbocycles. The van der Waals surface area contributed by atoms with Crippen LogP contribution in [-0.4, -0.2) is 63.4 Å². The summed E-state index contributed by atoms with van der Waals surface area (Å²) in [6, 6.07) is 12.0. The molecule has 0 radical (unpaired) electrons. The van der Waals surface area contributed by atoms with Crippen molar-refractivity contribution >= 4 is 17.5 Å². The summed E-state index contributed by atoms with van der Waals surface area (Å²) in [5.74, 6) is 0.550. The fourth-order valence-corrected chi connectivity index (χ4v) is 3.06. The predicted molar refractivity (Wildman–Crippen MR) is 99.7 cm³/mol. The van der Waals surface area contributed by atoms with E-state index < -0.39 is 6.09 Å². The van der Waals surface area contributed by atoms with E-state index >= 15 is 0 Å². The van der Waals surface area contributed by atoms with E-state index in [4.69, 9.17) is 4.74 Å². The second-order valence-electron chi connectivity index (χ2n) is 6.40. The highest BCUT2D eigenvalue weighted by atomic mass is 16.5. The Balaban J connectivity index is 1.92. The molecule has 7 nitrogen and oxygen atoms in total. The van der Waals surface area contributed by atoms with Crippen molar-refractivity contribution in [2.45, 2.75) is 0 Å². The van der Waals surface area contributed by atoms with Gasteiger partial charge in [-0.05, 0) is 18.2 Å². The maximum atomic E-state index is 11.0. The zero-order valence-electron chi connectivity index (χ0n) is 15.3. The van der Waals surface area contributed by atoms with E-state index in [0.717, 1.165) is 22.6 Å². The molecular weight excluding hydrogens is 332 g/mol. The number of methoxy groups -OCH3 is 1. The highest BCUT2D eigenvalue weighted by Gasteiger charge is 2.21. The average Bonchev–Trinajstić information content (AvgIpc) is 2.67. The molecule has 1 aliphatic heterocycles. The number of piperazine rings is 1. The van der Waals surface area contributed by atoms with Crippen LogP contribution in [0.25, 0.3) is 11.3 Å². The zero-order chi connectivity index (χ0) is 18.7. The Kier molecular flexibility index (Phi) is 5.16. The van der Waals surface area contributed by atoms with Gasteiger partial charge in [0.1, 0.15) is 6.09 Å². The van der Waals surface area contributed by atoms with Crippen molar-refractivity contribution < 1.29 is 14.6 Å². The van der Waals surface area contributed by atoms with Crippen LogP contribution < -0.4 is 19.6 Å². The van der Waals surface area contributed by atoms with Gasteiger partial charge >= 0.3 is 0 Å². The second-order valence-corrected chi connectivity index (χ2v) is 6.40. The number of benzene rings is 1. The molecule has 7 heteroatoms. The van der Waals surface area contributed by atoms with Crippen LogP contribution in [0.2, 0.25) is 0 Å². The minimum absolute atomic E-state index is 0.424. The Bertz CT molecular complexity index is 769.